The van der Waals surface area contributed by atoms with E-state index in [4.69, 9.17) is 16.3 Å². The molecule has 0 bridgehead atoms. The van der Waals surface area contributed by atoms with E-state index < -0.39 is 7.14 Å². The third-order valence-corrected chi connectivity index (χ3v) is 8.46. The summed E-state index contributed by atoms with van der Waals surface area (Å²) in [4.78, 5) is 25.7. The number of ether oxygens (including phenoxy) is 1. The van der Waals surface area contributed by atoms with Crippen molar-refractivity contribution in [1.82, 2.24) is 19.8 Å². The van der Waals surface area contributed by atoms with E-state index in [2.05, 4.69) is 61.2 Å². The van der Waals surface area contributed by atoms with Gasteiger partial charge >= 0.3 is 0 Å². The highest BCUT2D eigenvalue weighted by Gasteiger charge is 2.18. The molecular formula is C30H35ClN7O3P. The lowest BCUT2D eigenvalue weighted by molar-refractivity contribution is -0.111. The molecule has 0 atom stereocenters. The van der Waals surface area contributed by atoms with Crippen LogP contribution >= 0.6 is 18.7 Å². The third-order valence-electron chi connectivity index (χ3n) is 6.63. The smallest absolute Gasteiger partial charge is 0.247 e. The Bertz CT molecular complexity index is 1570. The molecule has 10 nitrogen and oxygen atoms in total. The summed E-state index contributed by atoms with van der Waals surface area (Å²) in [5.41, 5.74) is 2.23. The van der Waals surface area contributed by atoms with Crippen LogP contribution in [0.2, 0.25) is 5.02 Å². The minimum Gasteiger partial charge on any atom is -0.495 e. The van der Waals surface area contributed by atoms with Gasteiger partial charge in [-0.15, -0.1) is 0 Å². The van der Waals surface area contributed by atoms with Crippen LogP contribution in [-0.2, 0) is 9.36 Å². The molecule has 12 heteroatoms. The number of halogens is 1. The molecule has 2 heterocycles. The minimum atomic E-state index is -2.57. The van der Waals surface area contributed by atoms with E-state index in [0.29, 0.717) is 46.0 Å². The van der Waals surface area contributed by atoms with Gasteiger partial charge in [-0.3, -0.25) is 9.69 Å². The first kappa shape index (κ1) is 31.1. The molecule has 0 saturated carbocycles. The van der Waals surface area contributed by atoms with Crippen molar-refractivity contribution in [2.75, 3.05) is 76.2 Å². The van der Waals surface area contributed by atoms with Crippen LogP contribution in [0.15, 0.2) is 55.3 Å². The van der Waals surface area contributed by atoms with E-state index in [1.807, 2.05) is 24.3 Å². The number of nitrogens with zero attached hydrogens (tertiary/aromatic N) is 4. The second-order valence-corrected chi connectivity index (χ2v) is 13.8. The molecule has 42 heavy (non-hydrogen) atoms. The van der Waals surface area contributed by atoms with Crippen LogP contribution < -0.4 is 26.0 Å². The van der Waals surface area contributed by atoms with Crippen LogP contribution in [0, 0.1) is 11.8 Å². The van der Waals surface area contributed by atoms with Gasteiger partial charge in [0.1, 0.15) is 17.9 Å². The summed E-state index contributed by atoms with van der Waals surface area (Å²) in [6.07, 6.45) is 2.66. The number of carbonyl (C=O) groups is 1. The molecule has 220 valence electrons. The number of hydrogen-bond donors (Lipinski definition) is 3. The van der Waals surface area contributed by atoms with E-state index in [1.54, 1.807) is 32.6 Å². The maximum Gasteiger partial charge on any atom is 0.247 e. The second-order valence-electron chi connectivity index (χ2n) is 10.2. The fraction of sp³-hybridized carbons (Fsp3) is 0.300. The van der Waals surface area contributed by atoms with Crippen LogP contribution in [0.1, 0.15) is 5.56 Å². The number of aromatic nitrogens is 2. The van der Waals surface area contributed by atoms with Crippen LogP contribution in [0.25, 0.3) is 0 Å². The quantitative estimate of drug-likeness (QED) is 0.183. The summed E-state index contributed by atoms with van der Waals surface area (Å²) in [7, 11) is 1.09. The molecule has 1 amide bonds. The van der Waals surface area contributed by atoms with Crippen molar-refractivity contribution in [2.45, 2.75) is 0 Å². The van der Waals surface area contributed by atoms with Gasteiger partial charge in [0.2, 0.25) is 11.9 Å². The number of carbonyl (C=O) groups excluding carboxylic acids is 1. The lowest BCUT2D eigenvalue weighted by atomic mass is 10.1. The molecule has 0 radical (unpaired) electrons. The van der Waals surface area contributed by atoms with Gasteiger partial charge in [0, 0.05) is 37.5 Å². The number of rotatable bonds is 9. The van der Waals surface area contributed by atoms with Crippen LogP contribution in [0.4, 0.5) is 28.8 Å². The zero-order chi connectivity index (χ0) is 30.3. The Balaban J connectivity index is 1.62. The zero-order valence-corrected chi connectivity index (χ0v) is 25.9. The highest BCUT2D eigenvalue weighted by Crippen LogP contribution is 2.39. The number of hydrogen-bond acceptors (Lipinski definition) is 9. The zero-order valence-electron chi connectivity index (χ0n) is 24.2. The van der Waals surface area contributed by atoms with Gasteiger partial charge in [-0.2, -0.15) is 4.98 Å². The molecule has 0 aliphatic carbocycles. The Morgan fingerprint density at radius 1 is 1.14 bits per heavy atom. The maximum absolute atomic E-state index is 12.8. The second kappa shape index (κ2) is 13.9. The molecule has 0 unspecified atom stereocenters. The van der Waals surface area contributed by atoms with Crippen molar-refractivity contribution in [2.24, 2.45) is 0 Å². The Hall–Kier alpha value is -3.87. The molecule has 0 spiro atoms. The molecule has 1 aliphatic heterocycles. The minimum absolute atomic E-state index is 0.226. The molecular weight excluding hydrogens is 573 g/mol. The van der Waals surface area contributed by atoms with E-state index >= 15 is 0 Å². The Morgan fingerprint density at radius 3 is 2.57 bits per heavy atom. The van der Waals surface area contributed by atoms with Crippen molar-refractivity contribution in [3.8, 4) is 17.6 Å². The van der Waals surface area contributed by atoms with Gasteiger partial charge in [0.05, 0.1) is 42.5 Å². The SMILES string of the molecule is C=CC(=O)Nc1cc(Nc2ncc(Cl)c(Nc3ccccc3P(C)(C)=O)n2)c(OC)cc1C#CCN1CCN(C)CC1. The molecule has 1 aromatic heterocycles. The van der Waals surface area contributed by atoms with Gasteiger partial charge in [-0.05, 0) is 44.7 Å². The van der Waals surface area contributed by atoms with Gasteiger partial charge in [-0.25, -0.2) is 4.98 Å². The van der Waals surface area contributed by atoms with Gasteiger partial charge in [-0.1, -0.05) is 42.2 Å². The molecule has 4 rings (SSSR count). The molecule has 3 N–H and O–H groups in total. The number of nitrogens with one attached hydrogen (secondary N) is 3. The molecule has 1 saturated heterocycles. The molecule has 2 aromatic carbocycles. The number of anilines is 5. The number of para-hydroxylation sites is 1. The summed E-state index contributed by atoms with van der Waals surface area (Å²) in [6, 6.07) is 10.8. The van der Waals surface area contributed by atoms with Gasteiger partial charge < -0.3 is 30.2 Å². The monoisotopic (exact) mass is 607 g/mol. The lowest BCUT2D eigenvalue weighted by Gasteiger charge is -2.30. The Kier molecular flexibility index (Phi) is 10.3. The molecule has 3 aromatic rings. The largest absolute Gasteiger partial charge is 0.495 e. The number of amides is 1. The predicted octanol–water partition coefficient (Wildman–Crippen LogP) is 4.60. The van der Waals surface area contributed by atoms with Crippen molar-refractivity contribution < 1.29 is 14.1 Å². The predicted molar refractivity (Wildman–Crippen MR) is 172 cm³/mol. The summed E-state index contributed by atoms with van der Waals surface area (Å²) in [5.74, 6) is 7.08. The number of methoxy groups -OCH3 is 1. The fourth-order valence-electron chi connectivity index (χ4n) is 4.30. The van der Waals surface area contributed by atoms with E-state index in [-0.39, 0.29) is 16.9 Å². The summed E-state index contributed by atoms with van der Waals surface area (Å²) < 4.78 is 18.5. The van der Waals surface area contributed by atoms with Gasteiger partial charge in [0.25, 0.3) is 0 Å². The van der Waals surface area contributed by atoms with Crippen LogP contribution in [0.5, 0.6) is 5.75 Å². The summed E-state index contributed by atoms with van der Waals surface area (Å²) >= 11 is 6.42. The average Bonchev–Trinajstić information content (AvgIpc) is 2.96. The number of benzene rings is 2. The fourth-order valence-corrected chi connectivity index (χ4v) is 5.60. The van der Waals surface area contributed by atoms with E-state index in [9.17, 15) is 9.36 Å². The lowest BCUT2D eigenvalue weighted by Crippen LogP contribution is -2.44. The standard InChI is InChI=1S/C30H35ClN7O3P/c1-6-28(39)33-24-19-25(26(41-3)18-21(24)10-9-13-38-16-14-37(2)15-17-38)35-30-32-20-22(31)29(36-30)34-23-11-7-8-12-27(23)42(4,5)40/h6-8,11-12,18-20H,1,13-17H2,2-5H3,(H,33,39)(H2,32,34,35,36). The summed E-state index contributed by atoms with van der Waals surface area (Å²) in [6.45, 7) is 11.5. The van der Waals surface area contributed by atoms with Crippen molar-refractivity contribution in [1.29, 1.82) is 0 Å². The van der Waals surface area contributed by atoms with Crippen LogP contribution in [-0.4, -0.2) is 85.9 Å². The topological polar surface area (TPSA) is 112 Å². The van der Waals surface area contributed by atoms with Crippen molar-refractivity contribution in [3.05, 3.63) is 65.8 Å². The third kappa shape index (κ3) is 8.11. The Morgan fingerprint density at radius 2 is 1.88 bits per heavy atom. The van der Waals surface area contributed by atoms with E-state index in [0.717, 1.165) is 26.2 Å². The average molecular weight is 608 g/mol. The van der Waals surface area contributed by atoms with E-state index in [1.165, 1.54) is 12.3 Å². The molecule has 1 fully saturated rings. The maximum atomic E-state index is 12.8. The van der Waals surface area contributed by atoms with Crippen LogP contribution in [0.3, 0.4) is 0 Å². The highest BCUT2D eigenvalue weighted by atomic mass is 35.5. The summed E-state index contributed by atoms with van der Waals surface area (Å²) in [5, 5.41) is 10.1. The normalized spacial score (nSPS) is 13.9. The van der Waals surface area contributed by atoms with Gasteiger partial charge in [0.15, 0.2) is 5.82 Å². The Labute approximate surface area is 251 Å². The van der Waals surface area contributed by atoms with Crippen molar-refractivity contribution >= 4 is 58.8 Å². The van der Waals surface area contributed by atoms with Crippen molar-refractivity contribution in [3.63, 3.8) is 0 Å². The first-order valence-electron chi connectivity index (χ1n) is 13.3. The highest BCUT2D eigenvalue weighted by molar-refractivity contribution is 7.70. The molecule has 1 aliphatic rings. The number of piperazine rings is 1. The number of likely N-dealkylation sites (N-methyl/N-ethyl adjacent to an activating group) is 1. The first-order valence-corrected chi connectivity index (χ1v) is 16.3. The first-order chi connectivity index (χ1) is 20.1.